The second-order valence-electron chi connectivity index (χ2n) is 5.54. The number of methoxy groups -OCH3 is 1. The standard InChI is InChI=1S/C20H21N3O2/c1-15-4-3-5-18(12-15)23-14-17(13-21)20(24)22-11-10-16-6-8-19(25-2)9-7-16/h3-9,12,14,23H,10-11H2,1-2H3,(H,22,24)/b17-14-. The van der Waals surface area contributed by atoms with Crippen LogP contribution in [0.5, 0.6) is 5.75 Å². The summed E-state index contributed by atoms with van der Waals surface area (Å²) in [6.45, 7) is 2.43. The van der Waals surface area contributed by atoms with E-state index >= 15 is 0 Å². The van der Waals surface area contributed by atoms with Crippen LogP contribution in [0.2, 0.25) is 0 Å². The van der Waals surface area contributed by atoms with E-state index in [4.69, 9.17) is 4.74 Å². The summed E-state index contributed by atoms with van der Waals surface area (Å²) in [5.41, 5.74) is 3.05. The van der Waals surface area contributed by atoms with Crippen molar-refractivity contribution in [3.05, 3.63) is 71.4 Å². The number of carbonyl (C=O) groups is 1. The molecular formula is C20H21N3O2. The molecule has 5 nitrogen and oxygen atoms in total. The molecule has 0 aliphatic rings. The number of nitriles is 1. The molecule has 0 unspecified atom stereocenters. The highest BCUT2D eigenvalue weighted by Crippen LogP contribution is 2.12. The molecule has 25 heavy (non-hydrogen) atoms. The molecule has 0 atom stereocenters. The maximum atomic E-state index is 12.1. The molecule has 0 aromatic heterocycles. The molecule has 0 saturated heterocycles. The molecule has 2 aromatic carbocycles. The topological polar surface area (TPSA) is 74.1 Å². The Morgan fingerprint density at radius 2 is 2.00 bits per heavy atom. The van der Waals surface area contributed by atoms with Gasteiger partial charge in [-0.15, -0.1) is 0 Å². The van der Waals surface area contributed by atoms with E-state index in [1.165, 1.54) is 6.20 Å². The summed E-state index contributed by atoms with van der Waals surface area (Å²) in [5.74, 6) is 0.404. The van der Waals surface area contributed by atoms with Crippen molar-refractivity contribution in [1.29, 1.82) is 5.26 Å². The maximum absolute atomic E-state index is 12.1. The summed E-state index contributed by atoms with van der Waals surface area (Å²) >= 11 is 0. The fraction of sp³-hybridized carbons (Fsp3) is 0.200. The third-order valence-corrected chi connectivity index (χ3v) is 3.62. The first-order valence-electron chi connectivity index (χ1n) is 7.97. The van der Waals surface area contributed by atoms with Gasteiger partial charge in [-0.2, -0.15) is 5.26 Å². The summed E-state index contributed by atoms with van der Waals surface area (Å²) < 4.78 is 5.11. The van der Waals surface area contributed by atoms with Crippen LogP contribution in [0, 0.1) is 18.3 Å². The SMILES string of the molecule is COc1ccc(CCNC(=O)/C(C#N)=C\Nc2cccc(C)c2)cc1. The van der Waals surface area contributed by atoms with Crippen LogP contribution < -0.4 is 15.4 Å². The number of amides is 1. The van der Waals surface area contributed by atoms with E-state index in [0.29, 0.717) is 13.0 Å². The molecule has 0 fully saturated rings. The third-order valence-electron chi connectivity index (χ3n) is 3.62. The van der Waals surface area contributed by atoms with E-state index in [1.54, 1.807) is 7.11 Å². The van der Waals surface area contributed by atoms with Crippen molar-refractivity contribution >= 4 is 11.6 Å². The first-order valence-corrected chi connectivity index (χ1v) is 7.97. The lowest BCUT2D eigenvalue weighted by Gasteiger charge is -2.06. The Morgan fingerprint density at radius 1 is 1.24 bits per heavy atom. The molecule has 0 aliphatic heterocycles. The van der Waals surface area contributed by atoms with Gasteiger partial charge < -0.3 is 15.4 Å². The van der Waals surface area contributed by atoms with Gasteiger partial charge >= 0.3 is 0 Å². The van der Waals surface area contributed by atoms with Crippen LogP contribution in [-0.4, -0.2) is 19.6 Å². The highest BCUT2D eigenvalue weighted by atomic mass is 16.5. The van der Waals surface area contributed by atoms with E-state index in [1.807, 2.05) is 61.5 Å². The average Bonchev–Trinajstić information content (AvgIpc) is 2.63. The van der Waals surface area contributed by atoms with Gasteiger partial charge in [0, 0.05) is 18.4 Å². The van der Waals surface area contributed by atoms with E-state index in [-0.39, 0.29) is 5.57 Å². The number of hydrogen-bond donors (Lipinski definition) is 2. The van der Waals surface area contributed by atoms with Crippen molar-refractivity contribution in [3.8, 4) is 11.8 Å². The van der Waals surface area contributed by atoms with Crippen LogP contribution >= 0.6 is 0 Å². The lowest BCUT2D eigenvalue weighted by Crippen LogP contribution is -2.27. The Balaban J connectivity index is 1.86. The second-order valence-corrected chi connectivity index (χ2v) is 5.54. The molecule has 2 aromatic rings. The predicted octanol–water partition coefficient (Wildman–Crippen LogP) is 3.18. The molecule has 1 amide bonds. The summed E-state index contributed by atoms with van der Waals surface area (Å²) in [7, 11) is 1.62. The molecule has 0 aliphatic carbocycles. The Bertz CT molecular complexity index is 789. The quantitative estimate of drug-likeness (QED) is 0.602. The zero-order valence-corrected chi connectivity index (χ0v) is 14.4. The Morgan fingerprint density at radius 3 is 2.64 bits per heavy atom. The Hall–Kier alpha value is -3.26. The molecule has 0 spiro atoms. The second kappa shape index (κ2) is 9.14. The normalized spacial score (nSPS) is 10.7. The number of nitrogens with zero attached hydrogens (tertiary/aromatic N) is 1. The smallest absolute Gasteiger partial charge is 0.263 e. The molecule has 0 bridgehead atoms. The fourth-order valence-electron chi connectivity index (χ4n) is 2.25. The van der Waals surface area contributed by atoms with Crippen LogP contribution in [-0.2, 0) is 11.2 Å². The molecule has 2 rings (SSSR count). The fourth-order valence-corrected chi connectivity index (χ4v) is 2.25. The Kier molecular flexibility index (Phi) is 6.61. The summed E-state index contributed by atoms with van der Waals surface area (Å²) in [6.07, 6.45) is 2.11. The van der Waals surface area contributed by atoms with Gasteiger partial charge in [0.15, 0.2) is 0 Å². The van der Waals surface area contributed by atoms with Gasteiger partial charge in [-0.25, -0.2) is 0 Å². The van der Waals surface area contributed by atoms with Crippen molar-refractivity contribution < 1.29 is 9.53 Å². The van der Waals surface area contributed by atoms with Crippen molar-refractivity contribution in [2.24, 2.45) is 0 Å². The molecule has 0 radical (unpaired) electrons. The van der Waals surface area contributed by atoms with Gasteiger partial charge in [0.1, 0.15) is 17.4 Å². The number of carbonyl (C=O) groups excluding carboxylic acids is 1. The van der Waals surface area contributed by atoms with Gasteiger partial charge in [-0.05, 0) is 48.7 Å². The minimum absolute atomic E-state index is 0.0382. The van der Waals surface area contributed by atoms with Gasteiger partial charge in [-0.1, -0.05) is 24.3 Å². The van der Waals surface area contributed by atoms with E-state index in [0.717, 1.165) is 22.6 Å². The van der Waals surface area contributed by atoms with Crippen molar-refractivity contribution in [2.75, 3.05) is 19.0 Å². The average molecular weight is 335 g/mol. The largest absolute Gasteiger partial charge is 0.497 e. The van der Waals surface area contributed by atoms with Crippen LogP contribution in [0.15, 0.2) is 60.3 Å². The van der Waals surface area contributed by atoms with E-state index in [2.05, 4.69) is 10.6 Å². The monoisotopic (exact) mass is 335 g/mol. The summed E-state index contributed by atoms with van der Waals surface area (Å²) in [5, 5.41) is 14.9. The van der Waals surface area contributed by atoms with Crippen molar-refractivity contribution in [2.45, 2.75) is 13.3 Å². The lowest BCUT2D eigenvalue weighted by molar-refractivity contribution is -0.117. The Labute approximate surface area is 147 Å². The zero-order valence-electron chi connectivity index (χ0n) is 14.4. The van der Waals surface area contributed by atoms with Gasteiger partial charge in [-0.3, -0.25) is 4.79 Å². The zero-order chi connectivity index (χ0) is 18.1. The van der Waals surface area contributed by atoms with Crippen molar-refractivity contribution in [1.82, 2.24) is 5.32 Å². The third kappa shape index (κ3) is 5.70. The lowest BCUT2D eigenvalue weighted by atomic mass is 10.1. The summed E-state index contributed by atoms with van der Waals surface area (Å²) in [6, 6.07) is 17.3. The number of nitrogens with one attached hydrogen (secondary N) is 2. The predicted molar refractivity (Wildman–Crippen MR) is 98.2 cm³/mol. The van der Waals surface area contributed by atoms with Crippen LogP contribution in [0.25, 0.3) is 0 Å². The van der Waals surface area contributed by atoms with Gasteiger partial charge in [0.05, 0.1) is 7.11 Å². The minimum Gasteiger partial charge on any atom is -0.497 e. The molecule has 2 N–H and O–H groups in total. The minimum atomic E-state index is -0.392. The highest BCUT2D eigenvalue weighted by molar-refractivity contribution is 5.97. The van der Waals surface area contributed by atoms with Crippen LogP contribution in [0.3, 0.4) is 0 Å². The van der Waals surface area contributed by atoms with Gasteiger partial charge in [0.2, 0.25) is 0 Å². The molecule has 0 saturated carbocycles. The van der Waals surface area contributed by atoms with E-state index < -0.39 is 5.91 Å². The number of aryl methyl sites for hydroxylation is 1. The van der Waals surface area contributed by atoms with Crippen LogP contribution in [0.1, 0.15) is 11.1 Å². The maximum Gasteiger partial charge on any atom is 0.263 e. The number of ether oxygens (including phenoxy) is 1. The molecule has 128 valence electrons. The van der Waals surface area contributed by atoms with Crippen LogP contribution in [0.4, 0.5) is 5.69 Å². The summed E-state index contributed by atoms with van der Waals surface area (Å²) in [4.78, 5) is 12.1. The number of hydrogen-bond acceptors (Lipinski definition) is 4. The number of rotatable bonds is 7. The highest BCUT2D eigenvalue weighted by Gasteiger charge is 2.08. The van der Waals surface area contributed by atoms with Crippen molar-refractivity contribution in [3.63, 3.8) is 0 Å². The van der Waals surface area contributed by atoms with E-state index in [9.17, 15) is 10.1 Å². The molecular weight excluding hydrogens is 314 g/mol. The molecule has 5 heteroatoms. The molecule has 0 heterocycles. The van der Waals surface area contributed by atoms with Gasteiger partial charge in [0.25, 0.3) is 5.91 Å². The number of benzene rings is 2. The first-order chi connectivity index (χ1) is 12.1. The number of anilines is 1. The first kappa shape index (κ1) is 18.1.